The van der Waals surface area contributed by atoms with Crippen LogP contribution in [0.5, 0.6) is 0 Å². The molecule has 0 atom stereocenters. The van der Waals surface area contributed by atoms with E-state index in [4.69, 9.17) is 5.11 Å². The van der Waals surface area contributed by atoms with Gasteiger partial charge in [0.05, 0.1) is 5.56 Å². The van der Waals surface area contributed by atoms with E-state index in [1.807, 2.05) is 0 Å². The predicted octanol–water partition coefficient (Wildman–Crippen LogP) is 3.31. The number of rotatable bonds is 2. The average molecular weight is 221 g/mol. The number of hydrogen-bond acceptors (Lipinski definition) is 1. The Balaban J connectivity index is 2.57. The van der Waals surface area contributed by atoms with E-state index in [-0.39, 0.29) is 11.1 Å². The minimum atomic E-state index is -1.75. The maximum absolute atomic E-state index is 12.3. The number of fused-ring (bicyclic) bond motifs is 1. The summed E-state index contributed by atoms with van der Waals surface area (Å²) >= 11 is 0. The van der Waals surface area contributed by atoms with Gasteiger partial charge in [-0.2, -0.15) is 8.78 Å². The lowest BCUT2D eigenvalue weighted by Gasteiger charge is -2.02. The molecule has 0 heterocycles. The lowest BCUT2D eigenvalue weighted by atomic mass is 10.0. The van der Waals surface area contributed by atoms with Gasteiger partial charge in [0.1, 0.15) is 0 Å². The van der Waals surface area contributed by atoms with Crippen LogP contribution in [0.2, 0.25) is 0 Å². The SMILES string of the molecule is O=C(O)c1ccc2cc([C](F)F)ccc2c1. The van der Waals surface area contributed by atoms with Gasteiger partial charge in [-0.15, -0.1) is 0 Å². The molecule has 0 aliphatic heterocycles. The smallest absolute Gasteiger partial charge is 0.339 e. The first-order chi connectivity index (χ1) is 7.58. The summed E-state index contributed by atoms with van der Waals surface area (Å²) in [6.45, 7) is 0. The Hall–Kier alpha value is -1.97. The summed E-state index contributed by atoms with van der Waals surface area (Å²) in [4.78, 5) is 10.7. The highest BCUT2D eigenvalue weighted by Crippen LogP contribution is 2.23. The van der Waals surface area contributed by atoms with Crippen molar-refractivity contribution in [1.82, 2.24) is 0 Å². The molecule has 0 amide bonds. The second-order valence-corrected chi connectivity index (χ2v) is 3.34. The molecule has 2 nitrogen and oxygen atoms in total. The Kier molecular flexibility index (Phi) is 2.56. The van der Waals surface area contributed by atoms with Gasteiger partial charge in [-0.3, -0.25) is 0 Å². The van der Waals surface area contributed by atoms with E-state index >= 15 is 0 Å². The molecule has 0 aliphatic carbocycles. The zero-order valence-corrected chi connectivity index (χ0v) is 8.08. The van der Waals surface area contributed by atoms with Gasteiger partial charge in [0.2, 0.25) is 0 Å². The first-order valence-corrected chi connectivity index (χ1v) is 4.53. The maximum atomic E-state index is 12.3. The van der Waals surface area contributed by atoms with Crippen molar-refractivity contribution in [2.75, 3.05) is 0 Å². The standard InChI is InChI=1S/C12H7F2O2/c13-11(14)9-3-1-8-6-10(12(15)16)4-2-7(8)5-9/h1-6H,(H,15,16). The van der Waals surface area contributed by atoms with E-state index in [9.17, 15) is 13.6 Å². The fourth-order valence-electron chi connectivity index (χ4n) is 1.50. The number of halogens is 2. The van der Waals surface area contributed by atoms with E-state index in [0.717, 1.165) is 0 Å². The molecule has 1 radical (unpaired) electrons. The van der Waals surface area contributed by atoms with Crippen molar-refractivity contribution in [2.45, 2.75) is 0 Å². The number of carbonyl (C=O) groups is 1. The zero-order chi connectivity index (χ0) is 11.7. The van der Waals surface area contributed by atoms with Crippen molar-refractivity contribution in [3.8, 4) is 0 Å². The molecule has 0 saturated heterocycles. The van der Waals surface area contributed by atoms with Gasteiger partial charge in [0, 0.05) is 5.56 Å². The minimum absolute atomic E-state index is 0.143. The molecular weight excluding hydrogens is 214 g/mol. The Morgan fingerprint density at radius 2 is 1.44 bits per heavy atom. The van der Waals surface area contributed by atoms with Gasteiger partial charge < -0.3 is 5.11 Å². The number of benzene rings is 2. The Bertz CT molecular complexity index is 550. The van der Waals surface area contributed by atoms with Gasteiger partial charge in [-0.25, -0.2) is 4.79 Å². The molecule has 0 aliphatic rings. The quantitative estimate of drug-likeness (QED) is 0.844. The monoisotopic (exact) mass is 221 g/mol. The maximum Gasteiger partial charge on any atom is 0.339 e. The first-order valence-electron chi connectivity index (χ1n) is 4.53. The summed E-state index contributed by atoms with van der Waals surface area (Å²) in [6.07, 6.45) is -1.75. The van der Waals surface area contributed by atoms with Crippen molar-refractivity contribution in [2.24, 2.45) is 0 Å². The molecule has 81 valence electrons. The van der Waals surface area contributed by atoms with Crippen molar-refractivity contribution in [3.63, 3.8) is 0 Å². The van der Waals surface area contributed by atoms with E-state index < -0.39 is 12.4 Å². The fourth-order valence-corrected chi connectivity index (χ4v) is 1.50. The topological polar surface area (TPSA) is 37.3 Å². The van der Waals surface area contributed by atoms with Crippen LogP contribution in [-0.4, -0.2) is 11.1 Å². The average Bonchev–Trinajstić information content (AvgIpc) is 2.27. The van der Waals surface area contributed by atoms with E-state index in [1.165, 1.54) is 36.4 Å². The van der Waals surface area contributed by atoms with Crippen molar-refractivity contribution in [1.29, 1.82) is 0 Å². The van der Waals surface area contributed by atoms with Crippen LogP contribution in [0.3, 0.4) is 0 Å². The third-order valence-corrected chi connectivity index (χ3v) is 2.31. The summed E-state index contributed by atoms with van der Waals surface area (Å²) in [7, 11) is 0. The van der Waals surface area contributed by atoms with Crippen LogP contribution >= 0.6 is 0 Å². The minimum Gasteiger partial charge on any atom is -0.478 e. The summed E-state index contributed by atoms with van der Waals surface area (Å²) in [5.74, 6) is -1.03. The highest BCUT2D eigenvalue weighted by molar-refractivity contribution is 5.94. The number of aromatic carboxylic acids is 1. The van der Waals surface area contributed by atoms with Crippen LogP contribution < -0.4 is 0 Å². The molecular formula is C12H7F2O2. The van der Waals surface area contributed by atoms with Crippen LogP contribution in [-0.2, 0) is 0 Å². The number of carboxylic acids is 1. The summed E-state index contributed by atoms with van der Waals surface area (Å²) in [5, 5.41) is 9.99. The van der Waals surface area contributed by atoms with Crippen molar-refractivity contribution >= 4 is 16.7 Å². The Morgan fingerprint density at radius 3 is 1.94 bits per heavy atom. The van der Waals surface area contributed by atoms with E-state index in [0.29, 0.717) is 10.8 Å². The van der Waals surface area contributed by atoms with Gasteiger partial charge in [-0.1, -0.05) is 18.2 Å². The molecule has 2 rings (SSSR count). The van der Waals surface area contributed by atoms with Gasteiger partial charge in [0.25, 0.3) is 0 Å². The molecule has 4 heteroatoms. The lowest BCUT2D eigenvalue weighted by molar-refractivity contribution is 0.0697. The van der Waals surface area contributed by atoms with Crippen LogP contribution in [0.15, 0.2) is 36.4 Å². The van der Waals surface area contributed by atoms with E-state index in [2.05, 4.69) is 0 Å². The molecule has 0 fully saturated rings. The largest absolute Gasteiger partial charge is 0.478 e. The second-order valence-electron chi connectivity index (χ2n) is 3.34. The van der Waals surface area contributed by atoms with E-state index in [1.54, 1.807) is 0 Å². The molecule has 1 N–H and O–H groups in total. The molecule has 0 saturated carbocycles. The molecule has 16 heavy (non-hydrogen) atoms. The molecule has 0 bridgehead atoms. The number of hydrogen-bond donors (Lipinski definition) is 1. The highest BCUT2D eigenvalue weighted by Gasteiger charge is 2.10. The van der Waals surface area contributed by atoms with Gasteiger partial charge >= 0.3 is 12.4 Å². The summed E-state index contributed by atoms with van der Waals surface area (Å²) in [5.41, 5.74) is 0.000486. The third-order valence-electron chi connectivity index (χ3n) is 2.31. The molecule has 2 aromatic carbocycles. The van der Waals surface area contributed by atoms with Crippen LogP contribution in [0.1, 0.15) is 15.9 Å². The fraction of sp³-hybridized carbons (Fsp3) is 0. The number of carboxylic acid groups (broad SMARTS) is 1. The Labute approximate surface area is 90.1 Å². The summed E-state index contributed by atoms with van der Waals surface area (Å²) < 4.78 is 24.7. The Morgan fingerprint density at radius 1 is 0.938 bits per heavy atom. The summed E-state index contributed by atoms with van der Waals surface area (Å²) in [6, 6.07) is 8.45. The predicted molar refractivity (Wildman–Crippen MR) is 55.5 cm³/mol. The molecule has 0 aromatic heterocycles. The second kappa shape index (κ2) is 3.89. The molecule has 0 spiro atoms. The zero-order valence-electron chi connectivity index (χ0n) is 8.08. The first kappa shape index (κ1) is 10.5. The highest BCUT2D eigenvalue weighted by atomic mass is 19.3. The van der Waals surface area contributed by atoms with Gasteiger partial charge in [0.15, 0.2) is 0 Å². The normalized spacial score (nSPS) is 10.9. The van der Waals surface area contributed by atoms with Crippen molar-refractivity contribution < 1.29 is 18.7 Å². The molecule has 0 unspecified atom stereocenters. The van der Waals surface area contributed by atoms with Crippen LogP contribution in [0, 0.1) is 6.43 Å². The third kappa shape index (κ3) is 1.86. The van der Waals surface area contributed by atoms with Crippen LogP contribution in [0.25, 0.3) is 10.8 Å². The van der Waals surface area contributed by atoms with Gasteiger partial charge in [-0.05, 0) is 29.0 Å². The van der Waals surface area contributed by atoms with Crippen molar-refractivity contribution in [3.05, 3.63) is 54.0 Å². The lowest BCUT2D eigenvalue weighted by Crippen LogP contribution is -1.95. The molecule has 2 aromatic rings. The van der Waals surface area contributed by atoms with Crippen LogP contribution in [0.4, 0.5) is 8.78 Å².